The molecule has 0 saturated heterocycles. The summed E-state index contributed by atoms with van der Waals surface area (Å²) in [6.07, 6.45) is 0.344. The Balaban J connectivity index is 2.49. The third-order valence-electron chi connectivity index (χ3n) is 2.16. The summed E-state index contributed by atoms with van der Waals surface area (Å²) in [5, 5.41) is 2.73. The lowest BCUT2D eigenvalue weighted by Crippen LogP contribution is -2.27. The van der Waals surface area contributed by atoms with Crippen molar-refractivity contribution in [3.63, 3.8) is 0 Å². The summed E-state index contributed by atoms with van der Waals surface area (Å²) in [7, 11) is 0. The minimum absolute atomic E-state index is 0.0504. The number of rotatable bonds is 0. The van der Waals surface area contributed by atoms with Gasteiger partial charge in [-0.15, -0.1) is 0 Å². The van der Waals surface area contributed by atoms with E-state index in [1.54, 1.807) is 12.1 Å². The molecule has 1 aliphatic rings. The predicted molar refractivity (Wildman–Crippen MR) is 51.0 cm³/mol. The molecule has 0 aliphatic carbocycles. The van der Waals surface area contributed by atoms with Gasteiger partial charge in [0.2, 0.25) is 5.91 Å². The van der Waals surface area contributed by atoms with E-state index in [2.05, 4.69) is 5.32 Å². The molecule has 1 amide bonds. The van der Waals surface area contributed by atoms with E-state index in [9.17, 15) is 4.79 Å². The van der Waals surface area contributed by atoms with Gasteiger partial charge in [0.25, 0.3) is 0 Å². The molecule has 2 rings (SSSR count). The van der Waals surface area contributed by atoms with Crippen molar-refractivity contribution in [1.82, 2.24) is 0 Å². The van der Waals surface area contributed by atoms with Crippen LogP contribution in [0.5, 0.6) is 0 Å². The normalized spacial score (nSPS) is 20.7. The van der Waals surface area contributed by atoms with Crippen LogP contribution < -0.4 is 16.8 Å². The molecule has 0 saturated carbocycles. The number of nitrogens with one attached hydrogen (secondary N) is 1. The number of carbonyl (C=O) groups is 1. The van der Waals surface area contributed by atoms with Crippen molar-refractivity contribution in [2.75, 3.05) is 11.1 Å². The van der Waals surface area contributed by atoms with Crippen molar-refractivity contribution in [3.8, 4) is 0 Å². The fourth-order valence-electron chi connectivity index (χ4n) is 1.52. The molecule has 0 aromatic heterocycles. The Morgan fingerprint density at radius 2 is 2.23 bits per heavy atom. The van der Waals surface area contributed by atoms with Crippen LogP contribution in [0.4, 0.5) is 11.4 Å². The SMILES string of the molecule is Nc1ccc2c(c1)NC(=O)CC2N. The molecule has 0 bridgehead atoms. The first-order chi connectivity index (χ1) is 6.16. The molecular formula is C9H11N3O. The number of amides is 1. The lowest BCUT2D eigenvalue weighted by atomic mass is 9.98. The second-order valence-corrected chi connectivity index (χ2v) is 3.21. The van der Waals surface area contributed by atoms with Gasteiger partial charge in [0.15, 0.2) is 0 Å². The Morgan fingerprint density at radius 1 is 1.46 bits per heavy atom. The van der Waals surface area contributed by atoms with E-state index in [1.165, 1.54) is 0 Å². The molecule has 0 radical (unpaired) electrons. The van der Waals surface area contributed by atoms with Crippen LogP contribution in [0.3, 0.4) is 0 Å². The Hall–Kier alpha value is -1.55. The van der Waals surface area contributed by atoms with Gasteiger partial charge in [-0.2, -0.15) is 0 Å². The molecule has 1 aromatic carbocycles. The Labute approximate surface area is 75.9 Å². The molecule has 4 heteroatoms. The Bertz CT molecular complexity index is 362. The monoisotopic (exact) mass is 177 g/mol. The fraction of sp³-hybridized carbons (Fsp3) is 0.222. The third-order valence-corrected chi connectivity index (χ3v) is 2.16. The van der Waals surface area contributed by atoms with Crippen molar-refractivity contribution in [3.05, 3.63) is 23.8 Å². The maximum absolute atomic E-state index is 11.1. The fourth-order valence-corrected chi connectivity index (χ4v) is 1.52. The van der Waals surface area contributed by atoms with E-state index >= 15 is 0 Å². The molecule has 1 heterocycles. The molecule has 4 nitrogen and oxygen atoms in total. The minimum atomic E-state index is -0.204. The summed E-state index contributed by atoms with van der Waals surface area (Å²) >= 11 is 0. The van der Waals surface area contributed by atoms with E-state index in [0.717, 1.165) is 11.3 Å². The zero-order chi connectivity index (χ0) is 9.42. The highest BCUT2D eigenvalue weighted by molar-refractivity contribution is 5.95. The van der Waals surface area contributed by atoms with Crippen LogP contribution in [0.2, 0.25) is 0 Å². The van der Waals surface area contributed by atoms with Gasteiger partial charge < -0.3 is 16.8 Å². The zero-order valence-corrected chi connectivity index (χ0v) is 7.08. The van der Waals surface area contributed by atoms with Crippen LogP contribution in [0.15, 0.2) is 18.2 Å². The summed E-state index contributed by atoms with van der Waals surface area (Å²) in [5.41, 5.74) is 13.7. The van der Waals surface area contributed by atoms with Crippen LogP contribution in [0, 0.1) is 0 Å². The van der Waals surface area contributed by atoms with Crippen molar-refractivity contribution in [2.45, 2.75) is 12.5 Å². The van der Waals surface area contributed by atoms with Gasteiger partial charge in [0.05, 0.1) is 0 Å². The first-order valence-corrected chi connectivity index (χ1v) is 4.11. The van der Waals surface area contributed by atoms with Gasteiger partial charge in [-0.3, -0.25) is 4.79 Å². The van der Waals surface area contributed by atoms with E-state index in [0.29, 0.717) is 12.1 Å². The summed E-state index contributed by atoms with van der Waals surface area (Å²) in [6, 6.07) is 5.17. The standard InChI is InChI=1S/C9H11N3O/c10-5-1-2-6-7(11)4-9(13)12-8(6)3-5/h1-3,7H,4,10-11H2,(H,12,13). The maximum Gasteiger partial charge on any atom is 0.226 e. The smallest absolute Gasteiger partial charge is 0.226 e. The number of nitrogens with two attached hydrogens (primary N) is 2. The molecule has 1 aromatic rings. The van der Waals surface area contributed by atoms with E-state index in [-0.39, 0.29) is 11.9 Å². The molecule has 13 heavy (non-hydrogen) atoms. The molecule has 68 valence electrons. The van der Waals surface area contributed by atoms with E-state index in [4.69, 9.17) is 11.5 Å². The van der Waals surface area contributed by atoms with Gasteiger partial charge in [0, 0.05) is 23.8 Å². The second-order valence-electron chi connectivity index (χ2n) is 3.21. The lowest BCUT2D eigenvalue weighted by Gasteiger charge is -2.22. The summed E-state index contributed by atoms with van der Waals surface area (Å²) < 4.78 is 0. The van der Waals surface area contributed by atoms with E-state index < -0.39 is 0 Å². The van der Waals surface area contributed by atoms with Crippen molar-refractivity contribution >= 4 is 17.3 Å². The molecule has 1 atom stereocenters. The highest BCUT2D eigenvalue weighted by Gasteiger charge is 2.21. The highest BCUT2D eigenvalue weighted by atomic mass is 16.1. The molecule has 1 unspecified atom stereocenters. The summed E-state index contributed by atoms with van der Waals surface area (Å²) in [6.45, 7) is 0. The van der Waals surface area contributed by atoms with Crippen LogP contribution in [0.1, 0.15) is 18.0 Å². The van der Waals surface area contributed by atoms with Crippen molar-refractivity contribution < 1.29 is 4.79 Å². The predicted octanol–water partition coefficient (Wildman–Crippen LogP) is 0.611. The van der Waals surface area contributed by atoms with Crippen molar-refractivity contribution in [1.29, 1.82) is 0 Å². The molecule has 5 N–H and O–H groups in total. The summed E-state index contributed by atoms with van der Waals surface area (Å²) in [5.74, 6) is -0.0504. The molecule has 0 spiro atoms. The van der Waals surface area contributed by atoms with Crippen LogP contribution in [-0.4, -0.2) is 5.91 Å². The topological polar surface area (TPSA) is 81.1 Å². The third kappa shape index (κ3) is 1.36. The highest BCUT2D eigenvalue weighted by Crippen LogP contribution is 2.29. The summed E-state index contributed by atoms with van der Waals surface area (Å²) in [4.78, 5) is 11.1. The average molecular weight is 177 g/mol. The van der Waals surface area contributed by atoms with Crippen LogP contribution >= 0.6 is 0 Å². The first-order valence-electron chi connectivity index (χ1n) is 4.11. The zero-order valence-electron chi connectivity index (χ0n) is 7.08. The molecular weight excluding hydrogens is 166 g/mol. The Kier molecular flexibility index (Phi) is 1.70. The number of hydrogen-bond acceptors (Lipinski definition) is 3. The quantitative estimate of drug-likeness (QED) is 0.508. The lowest BCUT2D eigenvalue weighted by molar-refractivity contribution is -0.116. The van der Waals surface area contributed by atoms with Gasteiger partial charge in [-0.05, 0) is 17.7 Å². The van der Waals surface area contributed by atoms with Crippen LogP contribution in [-0.2, 0) is 4.79 Å². The number of hydrogen-bond donors (Lipinski definition) is 3. The average Bonchev–Trinajstić information content (AvgIpc) is 2.02. The van der Waals surface area contributed by atoms with Gasteiger partial charge >= 0.3 is 0 Å². The number of anilines is 2. The van der Waals surface area contributed by atoms with E-state index in [1.807, 2.05) is 6.07 Å². The minimum Gasteiger partial charge on any atom is -0.399 e. The van der Waals surface area contributed by atoms with Gasteiger partial charge in [-0.1, -0.05) is 6.07 Å². The molecule has 1 aliphatic heterocycles. The largest absolute Gasteiger partial charge is 0.399 e. The Morgan fingerprint density at radius 3 is 3.00 bits per heavy atom. The van der Waals surface area contributed by atoms with Crippen LogP contribution in [0.25, 0.3) is 0 Å². The van der Waals surface area contributed by atoms with Gasteiger partial charge in [0.1, 0.15) is 0 Å². The van der Waals surface area contributed by atoms with Gasteiger partial charge in [-0.25, -0.2) is 0 Å². The maximum atomic E-state index is 11.1. The van der Waals surface area contributed by atoms with Crippen molar-refractivity contribution in [2.24, 2.45) is 5.73 Å². The number of fused-ring (bicyclic) bond motifs is 1. The number of nitrogen functional groups attached to an aromatic ring is 1. The first kappa shape index (κ1) is 8.07. The molecule has 0 fully saturated rings. The second kappa shape index (κ2) is 2.74. The number of benzene rings is 1. The number of carbonyl (C=O) groups excluding carboxylic acids is 1.